The van der Waals surface area contributed by atoms with Crippen LogP contribution in [0.4, 0.5) is 13.2 Å². The largest absolute Gasteiger partial charge is 0.481 e. The molecule has 2 rings (SSSR count). The summed E-state index contributed by atoms with van der Waals surface area (Å²) in [5.74, 6) is -4.98. The number of allylic oxidation sites excluding steroid dienone is 1. The molecule has 1 N–H and O–H groups in total. The van der Waals surface area contributed by atoms with Crippen LogP contribution in [0, 0.1) is 17.5 Å². The van der Waals surface area contributed by atoms with Gasteiger partial charge < -0.3 is 10.0 Å². The van der Waals surface area contributed by atoms with Crippen molar-refractivity contribution in [3.05, 3.63) is 41.2 Å². The third kappa shape index (κ3) is 4.81. The second kappa shape index (κ2) is 8.79. The Morgan fingerprint density at radius 3 is 2.65 bits per heavy atom. The first kappa shape index (κ1) is 19.9. The van der Waals surface area contributed by atoms with Crippen molar-refractivity contribution in [1.82, 2.24) is 9.88 Å². The lowest BCUT2D eigenvalue weighted by atomic mass is 10.2. The number of aliphatic carboxylic acids is 1. The number of rotatable bonds is 9. The van der Waals surface area contributed by atoms with Gasteiger partial charge in [-0.2, -0.15) is 0 Å². The molecule has 0 fully saturated rings. The molecule has 0 saturated heterocycles. The Morgan fingerprint density at radius 1 is 1.27 bits per heavy atom. The Morgan fingerprint density at radius 2 is 2.00 bits per heavy atom. The molecule has 2 aromatic rings. The van der Waals surface area contributed by atoms with Gasteiger partial charge in [-0.05, 0) is 12.8 Å². The van der Waals surface area contributed by atoms with Gasteiger partial charge in [-0.1, -0.05) is 6.08 Å². The predicted octanol–water partition coefficient (Wildman–Crippen LogP) is 3.87. The number of carboxylic acids is 1. The molecule has 0 bridgehead atoms. The molecule has 0 aliphatic heterocycles. The van der Waals surface area contributed by atoms with Crippen LogP contribution in [0.2, 0.25) is 0 Å². The van der Waals surface area contributed by atoms with Crippen LogP contribution in [0.1, 0.15) is 30.7 Å². The van der Waals surface area contributed by atoms with E-state index in [4.69, 9.17) is 5.11 Å². The van der Waals surface area contributed by atoms with Crippen molar-refractivity contribution in [3.8, 4) is 0 Å². The zero-order chi connectivity index (χ0) is 19.3. The van der Waals surface area contributed by atoms with E-state index in [0.29, 0.717) is 25.5 Å². The second-order valence-electron chi connectivity index (χ2n) is 5.58. The minimum Gasteiger partial charge on any atom is -0.481 e. The lowest BCUT2D eigenvalue weighted by Crippen LogP contribution is -2.31. The first-order chi connectivity index (χ1) is 12.3. The van der Waals surface area contributed by atoms with E-state index in [0.717, 1.165) is 11.3 Å². The summed E-state index contributed by atoms with van der Waals surface area (Å²) < 4.78 is 40.8. The lowest BCUT2D eigenvalue weighted by Gasteiger charge is -2.21. The maximum Gasteiger partial charge on any atom is 0.303 e. The minimum absolute atomic E-state index is 0.0323. The number of nitrogens with zero attached hydrogens (tertiary/aromatic N) is 2. The van der Waals surface area contributed by atoms with Gasteiger partial charge in [-0.3, -0.25) is 9.59 Å². The molecule has 1 amide bonds. The van der Waals surface area contributed by atoms with Gasteiger partial charge in [0.25, 0.3) is 0 Å². The van der Waals surface area contributed by atoms with E-state index in [1.807, 2.05) is 0 Å². The number of carboxylic acid groups (broad SMARTS) is 1. The fourth-order valence-electron chi connectivity index (χ4n) is 2.35. The van der Waals surface area contributed by atoms with Crippen LogP contribution in [-0.4, -0.2) is 33.4 Å². The number of hydrogen-bond donors (Lipinski definition) is 1. The van der Waals surface area contributed by atoms with Gasteiger partial charge in [0.15, 0.2) is 11.6 Å². The Labute approximate surface area is 151 Å². The molecule has 0 aliphatic carbocycles. The average Bonchev–Trinajstić information content (AvgIpc) is 3.01. The van der Waals surface area contributed by atoms with Gasteiger partial charge >= 0.3 is 5.97 Å². The van der Waals surface area contributed by atoms with E-state index in [-0.39, 0.29) is 29.1 Å². The zero-order valence-electron chi connectivity index (χ0n) is 13.8. The number of hydrogen-bond acceptors (Lipinski definition) is 4. The second-order valence-corrected chi connectivity index (χ2v) is 6.66. The van der Waals surface area contributed by atoms with Gasteiger partial charge in [0.2, 0.25) is 5.91 Å². The number of amides is 1. The molecule has 1 aromatic carbocycles. The number of aromatic nitrogens is 1. The summed E-state index contributed by atoms with van der Waals surface area (Å²) in [7, 11) is 0. The number of carbonyl (C=O) groups excluding carboxylic acids is 1. The standard InChI is InChI=1S/C17H17F3N2O3S/c1-2-3-4-7-22(13(23)5-6-14(24)25)9-12-21-16-15(20)10(18)8-11(19)17(16)26-12/h2,8H,1,3-7,9H2,(H,24,25). The first-order valence-electron chi connectivity index (χ1n) is 7.86. The smallest absolute Gasteiger partial charge is 0.303 e. The predicted molar refractivity (Wildman–Crippen MR) is 91.2 cm³/mol. The molecule has 1 heterocycles. The number of unbranched alkanes of at least 4 members (excludes halogenated alkanes) is 1. The summed E-state index contributed by atoms with van der Waals surface area (Å²) in [6, 6.07) is 0.458. The molecule has 26 heavy (non-hydrogen) atoms. The number of carbonyl (C=O) groups is 2. The fraction of sp³-hybridized carbons (Fsp3) is 0.353. The Kier molecular flexibility index (Phi) is 6.73. The van der Waals surface area contributed by atoms with Crippen LogP contribution < -0.4 is 0 Å². The van der Waals surface area contributed by atoms with Crippen molar-refractivity contribution in [2.24, 2.45) is 0 Å². The molecule has 1 aromatic heterocycles. The third-order valence-electron chi connectivity index (χ3n) is 3.63. The Hall–Kier alpha value is -2.42. The number of thiazole rings is 1. The van der Waals surface area contributed by atoms with Crippen LogP contribution >= 0.6 is 11.3 Å². The van der Waals surface area contributed by atoms with Gasteiger partial charge in [0, 0.05) is 19.0 Å². The lowest BCUT2D eigenvalue weighted by molar-refractivity contribution is -0.141. The topological polar surface area (TPSA) is 70.5 Å². The summed E-state index contributed by atoms with van der Waals surface area (Å²) in [6.07, 6.45) is 2.43. The fourth-order valence-corrected chi connectivity index (χ4v) is 3.33. The van der Waals surface area contributed by atoms with Gasteiger partial charge in [-0.25, -0.2) is 18.2 Å². The van der Waals surface area contributed by atoms with E-state index in [1.165, 1.54) is 4.90 Å². The highest BCUT2D eigenvalue weighted by Gasteiger charge is 2.20. The quantitative estimate of drug-likeness (QED) is 0.403. The highest BCUT2D eigenvalue weighted by atomic mass is 32.1. The molecule has 0 unspecified atom stereocenters. The van der Waals surface area contributed by atoms with Gasteiger partial charge in [0.05, 0.1) is 17.7 Å². The first-order valence-corrected chi connectivity index (χ1v) is 8.68. The molecule has 0 saturated carbocycles. The maximum atomic E-state index is 13.8. The molecule has 0 aliphatic rings. The molecule has 140 valence electrons. The van der Waals surface area contributed by atoms with Crippen molar-refractivity contribution >= 4 is 33.4 Å². The third-order valence-corrected chi connectivity index (χ3v) is 4.68. The van der Waals surface area contributed by atoms with Crippen LogP contribution in [-0.2, 0) is 16.1 Å². The normalized spacial score (nSPS) is 10.9. The highest BCUT2D eigenvalue weighted by Crippen LogP contribution is 2.29. The average molecular weight is 386 g/mol. The van der Waals surface area contributed by atoms with Crippen molar-refractivity contribution in [1.29, 1.82) is 0 Å². The van der Waals surface area contributed by atoms with Crippen molar-refractivity contribution < 1.29 is 27.9 Å². The molecular formula is C17H17F3N2O3S. The summed E-state index contributed by atoms with van der Waals surface area (Å²) in [5.41, 5.74) is -0.411. The van der Waals surface area contributed by atoms with Gasteiger partial charge in [-0.15, -0.1) is 17.9 Å². The van der Waals surface area contributed by atoms with E-state index < -0.39 is 34.8 Å². The minimum atomic E-state index is -1.33. The summed E-state index contributed by atoms with van der Waals surface area (Å²) in [6.45, 7) is 3.88. The number of halogens is 3. The molecule has 9 heteroatoms. The SMILES string of the molecule is C=CCCCN(Cc1nc2c(F)c(F)cc(F)c2s1)C(=O)CCC(=O)O. The molecular weight excluding hydrogens is 369 g/mol. The van der Waals surface area contributed by atoms with E-state index in [2.05, 4.69) is 11.6 Å². The summed E-state index contributed by atoms with van der Waals surface area (Å²) in [4.78, 5) is 28.2. The van der Waals surface area contributed by atoms with Crippen LogP contribution in [0.25, 0.3) is 10.2 Å². The van der Waals surface area contributed by atoms with Crippen molar-refractivity contribution in [2.45, 2.75) is 32.2 Å². The summed E-state index contributed by atoms with van der Waals surface area (Å²) in [5, 5.41) is 8.96. The van der Waals surface area contributed by atoms with Crippen LogP contribution in [0.15, 0.2) is 18.7 Å². The van der Waals surface area contributed by atoms with E-state index in [1.54, 1.807) is 6.08 Å². The highest BCUT2D eigenvalue weighted by molar-refractivity contribution is 7.18. The number of benzene rings is 1. The summed E-state index contributed by atoms with van der Waals surface area (Å²) >= 11 is 0.833. The molecule has 0 spiro atoms. The molecule has 5 nitrogen and oxygen atoms in total. The Balaban J connectivity index is 2.23. The molecule has 0 radical (unpaired) electrons. The Bertz CT molecular complexity index is 838. The van der Waals surface area contributed by atoms with E-state index in [9.17, 15) is 22.8 Å². The van der Waals surface area contributed by atoms with Crippen molar-refractivity contribution in [3.63, 3.8) is 0 Å². The zero-order valence-corrected chi connectivity index (χ0v) is 14.6. The van der Waals surface area contributed by atoms with E-state index >= 15 is 0 Å². The molecule has 0 atom stereocenters. The van der Waals surface area contributed by atoms with Crippen LogP contribution in [0.5, 0.6) is 0 Å². The number of fused-ring (bicyclic) bond motifs is 1. The van der Waals surface area contributed by atoms with Gasteiger partial charge in [0.1, 0.15) is 16.3 Å². The maximum absolute atomic E-state index is 13.8. The van der Waals surface area contributed by atoms with Crippen LogP contribution in [0.3, 0.4) is 0 Å². The van der Waals surface area contributed by atoms with Crippen molar-refractivity contribution in [2.75, 3.05) is 6.54 Å². The monoisotopic (exact) mass is 386 g/mol.